The summed E-state index contributed by atoms with van der Waals surface area (Å²) in [5.41, 5.74) is 0. The lowest BCUT2D eigenvalue weighted by molar-refractivity contribution is -0.161. The van der Waals surface area contributed by atoms with E-state index in [1.165, 1.54) is 205 Å². The van der Waals surface area contributed by atoms with E-state index in [4.69, 9.17) is 9.47 Å². The van der Waals surface area contributed by atoms with Crippen molar-refractivity contribution in [2.24, 2.45) is 0 Å². The Kier molecular flexibility index (Phi) is 74.8. The van der Waals surface area contributed by atoms with E-state index in [0.717, 1.165) is 116 Å². The van der Waals surface area contributed by atoms with Gasteiger partial charge >= 0.3 is 11.9 Å². The molecule has 512 valence electrons. The Morgan fingerprint density at radius 1 is 0.267 bits per heavy atom. The fraction of sp³-hybridized carbons (Fsp3) is 0.671. The maximum atomic E-state index is 12.4. The van der Waals surface area contributed by atoms with E-state index in [-0.39, 0.29) is 25.2 Å². The van der Waals surface area contributed by atoms with Gasteiger partial charge in [0.05, 0.1) is 6.61 Å². The summed E-state index contributed by atoms with van der Waals surface area (Å²) in [4.78, 5) is 24.7. The molecule has 0 aromatic heterocycles. The number of aliphatic hydroxyl groups is 1. The van der Waals surface area contributed by atoms with Crippen LogP contribution in [-0.4, -0.2) is 36.4 Å². The predicted molar refractivity (Wildman–Crippen MR) is 398 cm³/mol. The quantitative estimate of drug-likeness (QED) is 0.0373. The maximum Gasteiger partial charge on any atom is 0.306 e. The van der Waals surface area contributed by atoms with Crippen LogP contribution in [0.4, 0.5) is 0 Å². The summed E-state index contributed by atoms with van der Waals surface area (Å²) >= 11 is 0. The minimum Gasteiger partial charge on any atom is -0.462 e. The zero-order valence-electron chi connectivity index (χ0n) is 58.9. The number of hydrogen-bond acceptors (Lipinski definition) is 5. The Hall–Kier alpha value is -4.48. The molecule has 90 heavy (non-hydrogen) atoms. The van der Waals surface area contributed by atoms with E-state index in [9.17, 15) is 14.7 Å². The van der Waals surface area contributed by atoms with Crippen molar-refractivity contribution in [3.63, 3.8) is 0 Å². The number of carbonyl (C=O) groups is 2. The number of ether oxygens (including phenoxy) is 2. The standard InChI is InChI=1S/C85H142O5/c1-3-5-7-9-11-13-15-17-19-21-23-25-27-29-31-33-35-37-39-41-42-44-46-48-50-52-54-56-58-60-62-64-66-68-70-72-74-76-78-80-85(88)90-83(81-86)82-89-84(87)79-77-75-73-71-69-67-65-63-61-59-57-55-53-51-49-47-45-43-40-38-36-34-32-30-28-26-24-22-20-18-16-14-12-10-8-6-4-2/h5,7,11,13,17,19,22-25,29,31,35,37,41-42,46,48,52,54,58,60,64,66,70,72,83,86H,3-4,6,8-10,12,14-16,18,20-21,26-28,30,32-34,36,38-40,43-45,47,49-51,53,55-57,59,61-63,65,67-69,71,73-82H2,1-2H3/b7-5-,13-11-,19-17-,24-22-,25-23-,31-29-,37-35-,42-41-,48-46-,54-52-,60-58-,66-64-,72-70-. The van der Waals surface area contributed by atoms with E-state index >= 15 is 0 Å². The third-order valence-corrected chi connectivity index (χ3v) is 16.3. The van der Waals surface area contributed by atoms with Gasteiger partial charge in [0.2, 0.25) is 0 Å². The first-order valence-corrected chi connectivity index (χ1v) is 38.0. The normalized spacial score (nSPS) is 13.1. The number of aliphatic hydroxyl groups excluding tert-OH is 1. The number of allylic oxidation sites excluding steroid dienone is 26. The number of esters is 2. The van der Waals surface area contributed by atoms with Crippen LogP contribution in [0, 0.1) is 0 Å². The second-order valence-corrected chi connectivity index (χ2v) is 25.0. The first kappa shape index (κ1) is 85.5. The summed E-state index contributed by atoms with van der Waals surface area (Å²) in [5.74, 6) is -0.640. The van der Waals surface area contributed by atoms with Crippen LogP contribution in [0.1, 0.15) is 348 Å². The van der Waals surface area contributed by atoms with E-state index < -0.39 is 6.10 Å². The molecule has 0 heterocycles. The molecular formula is C85H142O5. The van der Waals surface area contributed by atoms with Gasteiger partial charge in [-0.25, -0.2) is 0 Å². The number of carbonyl (C=O) groups excluding carboxylic acids is 2. The lowest BCUT2D eigenvalue weighted by Gasteiger charge is -2.15. The second-order valence-electron chi connectivity index (χ2n) is 25.0. The van der Waals surface area contributed by atoms with Crippen molar-refractivity contribution in [1.82, 2.24) is 0 Å². The van der Waals surface area contributed by atoms with Crippen molar-refractivity contribution < 1.29 is 24.2 Å². The minimum absolute atomic E-state index is 0.0898. The average molecular weight is 1240 g/mol. The number of rotatable bonds is 69. The molecule has 0 aromatic carbocycles. The van der Waals surface area contributed by atoms with Gasteiger partial charge in [0.1, 0.15) is 6.61 Å². The highest BCUT2D eigenvalue weighted by Crippen LogP contribution is 2.18. The molecule has 0 saturated heterocycles. The highest BCUT2D eigenvalue weighted by Gasteiger charge is 2.16. The topological polar surface area (TPSA) is 72.8 Å². The van der Waals surface area contributed by atoms with Crippen molar-refractivity contribution in [2.75, 3.05) is 13.2 Å². The Bertz CT molecular complexity index is 1900. The van der Waals surface area contributed by atoms with E-state index in [1.54, 1.807) is 0 Å². The molecule has 0 spiro atoms. The molecule has 1 atom stereocenters. The highest BCUT2D eigenvalue weighted by molar-refractivity contribution is 5.70. The number of unbranched alkanes of at least 4 members (excludes halogenated alkanes) is 35. The van der Waals surface area contributed by atoms with E-state index in [0.29, 0.717) is 12.8 Å². The van der Waals surface area contributed by atoms with Crippen LogP contribution in [0.25, 0.3) is 0 Å². The molecule has 1 unspecified atom stereocenters. The first-order valence-electron chi connectivity index (χ1n) is 38.0. The zero-order valence-corrected chi connectivity index (χ0v) is 58.9. The summed E-state index contributed by atoms with van der Waals surface area (Å²) in [5, 5.41) is 9.71. The van der Waals surface area contributed by atoms with Crippen LogP contribution in [0.15, 0.2) is 158 Å². The summed E-state index contributed by atoms with van der Waals surface area (Å²) in [7, 11) is 0. The molecule has 0 aliphatic rings. The summed E-state index contributed by atoms with van der Waals surface area (Å²) < 4.78 is 10.7. The van der Waals surface area contributed by atoms with Crippen LogP contribution in [-0.2, 0) is 19.1 Å². The maximum absolute atomic E-state index is 12.4. The molecule has 0 fully saturated rings. The van der Waals surface area contributed by atoms with Gasteiger partial charge in [-0.05, 0) is 128 Å². The monoisotopic (exact) mass is 1240 g/mol. The molecule has 0 radical (unpaired) electrons. The molecule has 0 amide bonds. The molecule has 0 rings (SSSR count). The molecule has 0 bridgehead atoms. The van der Waals surface area contributed by atoms with Crippen molar-refractivity contribution in [2.45, 2.75) is 354 Å². The highest BCUT2D eigenvalue weighted by atomic mass is 16.6. The van der Waals surface area contributed by atoms with Gasteiger partial charge in [-0.2, -0.15) is 0 Å². The fourth-order valence-corrected chi connectivity index (χ4v) is 10.7. The molecule has 0 aliphatic carbocycles. The van der Waals surface area contributed by atoms with E-state index in [2.05, 4.69) is 172 Å². The number of hydrogen-bond donors (Lipinski definition) is 1. The Balaban J connectivity index is 3.56. The third-order valence-electron chi connectivity index (χ3n) is 16.3. The summed E-state index contributed by atoms with van der Waals surface area (Å²) in [6, 6.07) is 0. The van der Waals surface area contributed by atoms with Crippen LogP contribution >= 0.6 is 0 Å². The second kappa shape index (κ2) is 78.8. The molecule has 5 nitrogen and oxygen atoms in total. The van der Waals surface area contributed by atoms with Gasteiger partial charge in [0, 0.05) is 12.8 Å². The van der Waals surface area contributed by atoms with Gasteiger partial charge in [-0.15, -0.1) is 0 Å². The fourth-order valence-electron chi connectivity index (χ4n) is 10.7. The van der Waals surface area contributed by atoms with Gasteiger partial charge in [0.15, 0.2) is 6.10 Å². The molecule has 0 aliphatic heterocycles. The van der Waals surface area contributed by atoms with Crippen LogP contribution in [0.5, 0.6) is 0 Å². The smallest absolute Gasteiger partial charge is 0.306 e. The zero-order chi connectivity index (χ0) is 64.7. The van der Waals surface area contributed by atoms with Crippen molar-refractivity contribution in [1.29, 1.82) is 0 Å². The van der Waals surface area contributed by atoms with Crippen LogP contribution < -0.4 is 0 Å². The van der Waals surface area contributed by atoms with Gasteiger partial charge in [0.25, 0.3) is 0 Å². The third kappa shape index (κ3) is 76.0. The van der Waals surface area contributed by atoms with Gasteiger partial charge < -0.3 is 14.6 Å². The Morgan fingerprint density at radius 2 is 0.478 bits per heavy atom. The largest absolute Gasteiger partial charge is 0.462 e. The Morgan fingerprint density at radius 3 is 0.756 bits per heavy atom. The molecule has 0 aromatic rings. The van der Waals surface area contributed by atoms with Crippen molar-refractivity contribution in [3.05, 3.63) is 158 Å². The van der Waals surface area contributed by atoms with Crippen molar-refractivity contribution in [3.8, 4) is 0 Å². The van der Waals surface area contributed by atoms with Crippen LogP contribution in [0.3, 0.4) is 0 Å². The van der Waals surface area contributed by atoms with Crippen LogP contribution in [0.2, 0.25) is 0 Å². The van der Waals surface area contributed by atoms with Gasteiger partial charge in [-0.1, -0.05) is 364 Å². The van der Waals surface area contributed by atoms with E-state index in [1.807, 2.05) is 0 Å². The summed E-state index contributed by atoms with van der Waals surface area (Å²) in [6.45, 7) is 4.02. The Labute approximate surface area is 558 Å². The molecular weight excluding hydrogens is 1100 g/mol. The first-order chi connectivity index (χ1) is 44.6. The predicted octanol–water partition coefficient (Wildman–Crippen LogP) is 27.0. The summed E-state index contributed by atoms with van der Waals surface area (Å²) in [6.07, 6.45) is 120. The van der Waals surface area contributed by atoms with Gasteiger partial charge in [-0.3, -0.25) is 9.59 Å². The SMILES string of the molecule is CC/C=C\C/C=C\C/C=C\C/C=C\C/C=C\C/C=C\C/C=C\C/C=C\C/C=C\C/C=C\C/C=C\C/C=C\CCCCC(=O)OC(CO)COC(=O)CCCCCCCCCCCCCCCCCCCCCCCCCCC/C=C\CCCCCCCCCC. The minimum atomic E-state index is -0.807. The lowest BCUT2D eigenvalue weighted by Crippen LogP contribution is -2.28. The van der Waals surface area contributed by atoms with Crippen molar-refractivity contribution >= 4 is 11.9 Å². The molecule has 5 heteroatoms. The lowest BCUT2D eigenvalue weighted by atomic mass is 10.0. The average Bonchev–Trinajstić information content (AvgIpc) is 3.59. The molecule has 0 saturated carbocycles. The molecule has 1 N–H and O–H groups in total.